The number of nitrogens with zero attached hydrogens (tertiary/aromatic N) is 1. The van der Waals surface area contributed by atoms with Gasteiger partial charge in [-0.25, -0.2) is 4.79 Å². The summed E-state index contributed by atoms with van der Waals surface area (Å²) < 4.78 is 5.00. The SMILES string of the molecule is CCOC(=O)c1ccc(C(=O)c2ccc3c(c2)C(C)(C)CCN3CCBr)cc1. The molecule has 0 bridgehead atoms. The lowest BCUT2D eigenvalue weighted by atomic mass is 9.76. The van der Waals surface area contributed by atoms with Crippen molar-refractivity contribution in [3.63, 3.8) is 0 Å². The van der Waals surface area contributed by atoms with E-state index in [1.54, 1.807) is 31.2 Å². The molecule has 0 saturated heterocycles. The van der Waals surface area contributed by atoms with E-state index in [1.165, 1.54) is 11.3 Å². The molecule has 0 aromatic heterocycles. The van der Waals surface area contributed by atoms with E-state index in [-0.39, 0.29) is 17.2 Å². The number of alkyl halides is 1. The molecular weight excluding hydrogens is 418 g/mol. The fraction of sp³-hybridized carbons (Fsp3) is 0.391. The topological polar surface area (TPSA) is 46.6 Å². The summed E-state index contributed by atoms with van der Waals surface area (Å²) in [5.41, 5.74) is 4.16. The molecule has 28 heavy (non-hydrogen) atoms. The van der Waals surface area contributed by atoms with Gasteiger partial charge in [-0.05, 0) is 54.7 Å². The molecule has 1 aliphatic rings. The molecule has 0 amide bonds. The second-order valence-corrected chi connectivity index (χ2v) is 8.46. The largest absolute Gasteiger partial charge is 0.462 e. The minimum atomic E-state index is -0.371. The fourth-order valence-electron chi connectivity index (χ4n) is 3.64. The Morgan fingerprint density at radius 1 is 1.07 bits per heavy atom. The minimum absolute atomic E-state index is 0.0300. The Morgan fingerprint density at radius 3 is 2.36 bits per heavy atom. The number of carbonyl (C=O) groups excluding carboxylic acids is 2. The number of carbonyl (C=O) groups is 2. The van der Waals surface area contributed by atoms with Gasteiger partial charge in [0.25, 0.3) is 0 Å². The monoisotopic (exact) mass is 443 g/mol. The van der Waals surface area contributed by atoms with Gasteiger partial charge in [0, 0.05) is 35.2 Å². The van der Waals surface area contributed by atoms with Crippen LogP contribution in [-0.2, 0) is 10.2 Å². The molecule has 0 spiro atoms. The predicted octanol–water partition coefficient (Wildman–Crippen LogP) is 4.98. The van der Waals surface area contributed by atoms with Crippen LogP contribution in [0.25, 0.3) is 0 Å². The van der Waals surface area contributed by atoms with E-state index in [4.69, 9.17) is 4.74 Å². The fourth-order valence-corrected chi connectivity index (χ4v) is 4.07. The Balaban J connectivity index is 1.90. The highest BCUT2D eigenvalue weighted by molar-refractivity contribution is 9.09. The van der Waals surface area contributed by atoms with Gasteiger partial charge in [-0.3, -0.25) is 4.79 Å². The third kappa shape index (κ3) is 4.14. The summed E-state index contributed by atoms with van der Waals surface area (Å²) in [4.78, 5) is 27.2. The second-order valence-electron chi connectivity index (χ2n) is 7.67. The first-order chi connectivity index (χ1) is 13.4. The number of hydrogen-bond donors (Lipinski definition) is 0. The van der Waals surface area contributed by atoms with Gasteiger partial charge in [0.2, 0.25) is 0 Å². The number of halogens is 1. The Bertz CT molecular complexity index is 874. The average Bonchev–Trinajstić information content (AvgIpc) is 2.70. The van der Waals surface area contributed by atoms with E-state index in [2.05, 4.69) is 40.7 Å². The second kappa shape index (κ2) is 8.48. The molecule has 1 heterocycles. The number of benzene rings is 2. The highest BCUT2D eigenvalue weighted by Crippen LogP contribution is 2.40. The summed E-state index contributed by atoms with van der Waals surface area (Å²) in [5, 5.41) is 0.917. The molecule has 0 fully saturated rings. The zero-order chi connectivity index (χ0) is 20.3. The van der Waals surface area contributed by atoms with Crippen molar-refractivity contribution < 1.29 is 14.3 Å². The van der Waals surface area contributed by atoms with Gasteiger partial charge in [0.1, 0.15) is 0 Å². The molecule has 2 aromatic carbocycles. The lowest BCUT2D eigenvalue weighted by Gasteiger charge is -2.40. The van der Waals surface area contributed by atoms with Crippen molar-refractivity contribution in [1.82, 2.24) is 0 Å². The first-order valence-electron chi connectivity index (χ1n) is 9.64. The standard InChI is InChI=1S/C23H26BrNO3/c1-4-28-22(27)17-7-5-16(6-8-17)21(26)18-9-10-20-19(15-18)23(2,3)11-13-25(20)14-12-24/h5-10,15H,4,11-14H2,1-3H3. The molecule has 0 saturated carbocycles. The number of hydrogen-bond acceptors (Lipinski definition) is 4. The summed E-state index contributed by atoms with van der Waals surface area (Å²) in [6, 6.07) is 12.7. The molecule has 2 aromatic rings. The van der Waals surface area contributed by atoms with E-state index in [9.17, 15) is 9.59 Å². The molecule has 0 atom stereocenters. The number of esters is 1. The molecule has 0 N–H and O–H groups in total. The lowest BCUT2D eigenvalue weighted by Crippen LogP contribution is -2.38. The molecule has 0 radical (unpaired) electrons. The Labute approximate surface area is 175 Å². The van der Waals surface area contributed by atoms with Crippen LogP contribution < -0.4 is 4.90 Å². The summed E-state index contributed by atoms with van der Waals surface area (Å²) in [5.74, 6) is -0.407. The number of ketones is 1. The van der Waals surface area contributed by atoms with Gasteiger partial charge in [-0.15, -0.1) is 0 Å². The highest BCUT2D eigenvalue weighted by Gasteiger charge is 2.31. The van der Waals surface area contributed by atoms with E-state index in [0.29, 0.717) is 23.3 Å². The molecular formula is C23H26BrNO3. The molecule has 3 rings (SSSR count). The number of anilines is 1. The number of rotatable bonds is 6. The Morgan fingerprint density at radius 2 is 1.71 bits per heavy atom. The van der Waals surface area contributed by atoms with Crippen LogP contribution in [0.5, 0.6) is 0 Å². The number of fused-ring (bicyclic) bond motifs is 1. The third-order valence-corrected chi connectivity index (χ3v) is 5.70. The average molecular weight is 444 g/mol. The first kappa shape index (κ1) is 20.6. The molecule has 0 unspecified atom stereocenters. The quantitative estimate of drug-likeness (QED) is 0.358. The van der Waals surface area contributed by atoms with Crippen LogP contribution >= 0.6 is 15.9 Å². The number of ether oxygens (including phenoxy) is 1. The van der Waals surface area contributed by atoms with E-state index in [1.807, 2.05) is 12.1 Å². The van der Waals surface area contributed by atoms with Crippen molar-refractivity contribution in [3.8, 4) is 0 Å². The lowest BCUT2D eigenvalue weighted by molar-refractivity contribution is 0.0526. The van der Waals surface area contributed by atoms with Crippen LogP contribution in [0.1, 0.15) is 59.0 Å². The summed E-state index contributed by atoms with van der Waals surface area (Å²) in [6.07, 6.45) is 1.05. The summed E-state index contributed by atoms with van der Waals surface area (Å²) in [7, 11) is 0. The zero-order valence-electron chi connectivity index (χ0n) is 16.6. The van der Waals surface area contributed by atoms with Crippen molar-refractivity contribution in [2.45, 2.75) is 32.6 Å². The maximum atomic E-state index is 13.0. The van der Waals surface area contributed by atoms with Gasteiger partial charge in [0.15, 0.2) is 5.78 Å². The van der Waals surface area contributed by atoms with E-state index in [0.717, 1.165) is 24.8 Å². The van der Waals surface area contributed by atoms with Gasteiger partial charge in [-0.1, -0.05) is 41.9 Å². The first-order valence-corrected chi connectivity index (χ1v) is 10.8. The summed E-state index contributed by atoms with van der Waals surface area (Å²) >= 11 is 3.53. The van der Waals surface area contributed by atoms with Crippen LogP contribution in [0.2, 0.25) is 0 Å². The van der Waals surface area contributed by atoms with Crippen LogP contribution in [0.3, 0.4) is 0 Å². The predicted molar refractivity (Wildman–Crippen MR) is 116 cm³/mol. The van der Waals surface area contributed by atoms with E-state index >= 15 is 0 Å². The summed E-state index contributed by atoms with van der Waals surface area (Å²) in [6.45, 7) is 8.54. The highest BCUT2D eigenvalue weighted by atomic mass is 79.9. The molecule has 1 aliphatic heterocycles. The molecule has 5 heteroatoms. The van der Waals surface area contributed by atoms with Gasteiger partial charge < -0.3 is 9.64 Å². The van der Waals surface area contributed by atoms with Gasteiger partial charge in [0.05, 0.1) is 12.2 Å². The van der Waals surface area contributed by atoms with Crippen molar-refractivity contribution in [2.75, 3.05) is 29.9 Å². The van der Waals surface area contributed by atoms with Crippen molar-refractivity contribution in [3.05, 3.63) is 64.7 Å². The van der Waals surface area contributed by atoms with E-state index < -0.39 is 0 Å². The van der Waals surface area contributed by atoms with Crippen LogP contribution in [-0.4, -0.2) is 36.8 Å². The maximum Gasteiger partial charge on any atom is 0.338 e. The normalized spacial score (nSPS) is 15.1. The van der Waals surface area contributed by atoms with Crippen molar-refractivity contribution in [2.24, 2.45) is 0 Å². The third-order valence-electron chi connectivity index (χ3n) is 5.35. The van der Waals surface area contributed by atoms with Crippen LogP contribution in [0.4, 0.5) is 5.69 Å². The van der Waals surface area contributed by atoms with Crippen LogP contribution in [0.15, 0.2) is 42.5 Å². The molecule has 4 nitrogen and oxygen atoms in total. The smallest absolute Gasteiger partial charge is 0.338 e. The minimum Gasteiger partial charge on any atom is -0.462 e. The zero-order valence-corrected chi connectivity index (χ0v) is 18.2. The maximum absolute atomic E-state index is 13.0. The van der Waals surface area contributed by atoms with Crippen molar-refractivity contribution >= 4 is 33.4 Å². The molecule has 0 aliphatic carbocycles. The van der Waals surface area contributed by atoms with Crippen molar-refractivity contribution in [1.29, 1.82) is 0 Å². The van der Waals surface area contributed by atoms with Gasteiger partial charge in [-0.2, -0.15) is 0 Å². The molecule has 148 valence electrons. The van der Waals surface area contributed by atoms with Gasteiger partial charge >= 0.3 is 5.97 Å². The Hall–Kier alpha value is -2.14. The Kier molecular flexibility index (Phi) is 6.23. The van der Waals surface area contributed by atoms with Crippen LogP contribution in [0, 0.1) is 0 Å².